The van der Waals surface area contributed by atoms with Crippen molar-refractivity contribution in [2.75, 3.05) is 39.8 Å². The molecule has 0 saturated heterocycles. The van der Waals surface area contributed by atoms with Crippen LogP contribution >= 0.6 is 0 Å². The zero-order valence-electron chi connectivity index (χ0n) is 10.5. The van der Waals surface area contributed by atoms with Gasteiger partial charge in [-0.1, -0.05) is 0 Å². The van der Waals surface area contributed by atoms with Gasteiger partial charge < -0.3 is 19.8 Å². The van der Waals surface area contributed by atoms with Crippen LogP contribution in [0.1, 0.15) is 6.92 Å². The molecule has 0 aliphatic carbocycles. The molecule has 18 heavy (non-hydrogen) atoms. The molecule has 104 valence electrons. The van der Waals surface area contributed by atoms with Crippen molar-refractivity contribution < 1.29 is 29.3 Å². The average molecular weight is 262 g/mol. The SMILES string of the molecule is CCOC(=O)N(C)CCN(CC(=O)O)CC(=O)O. The van der Waals surface area contributed by atoms with Crippen molar-refractivity contribution >= 4 is 18.0 Å². The number of ether oxygens (including phenoxy) is 1. The fraction of sp³-hybridized carbons (Fsp3) is 0.700. The van der Waals surface area contributed by atoms with E-state index in [1.807, 2.05) is 0 Å². The van der Waals surface area contributed by atoms with Crippen LogP contribution in [0.5, 0.6) is 0 Å². The van der Waals surface area contributed by atoms with Crippen LogP contribution in [0.15, 0.2) is 0 Å². The molecule has 0 heterocycles. The van der Waals surface area contributed by atoms with Gasteiger partial charge in [0.1, 0.15) is 0 Å². The Morgan fingerprint density at radius 2 is 1.56 bits per heavy atom. The molecule has 0 aliphatic rings. The fourth-order valence-electron chi connectivity index (χ4n) is 1.21. The maximum absolute atomic E-state index is 11.3. The predicted molar refractivity (Wildman–Crippen MR) is 61.4 cm³/mol. The zero-order chi connectivity index (χ0) is 14.1. The molecule has 0 rings (SSSR count). The summed E-state index contributed by atoms with van der Waals surface area (Å²) in [5.41, 5.74) is 0. The highest BCUT2D eigenvalue weighted by Crippen LogP contribution is 1.94. The van der Waals surface area contributed by atoms with Crippen LogP contribution in [-0.2, 0) is 14.3 Å². The molecule has 0 aliphatic heterocycles. The third-order valence-electron chi connectivity index (χ3n) is 2.05. The zero-order valence-corrected chi connectivity index (χ0v) is 10.5. The molecule has 0 fully saturated rings. The quantitative estimate of drug-likeness (QED) is 0.609. The van der Waals surface area contributed by atoms with E-state index < -0.39 is 18.0 Å². The van der Waals surface area contributed by atoms with Gasteiger partial charge in [-0.15, -0.1) is 0 Å². The summed E-state index contributed by atoms with van der Waals surface area (Å²) in [6, 6.07) is 0. The van der Waals surface area contributed by atoms with Gasteiger partial charge in [-0.05, 0) is 6.92 Å². The van der Waals surface area contributed by atoms with Gasteiger partial charge in [0, 0.05) is 20.1 Å². The summed E-state index contributed by atoms with van der Waals surface area (Å²) in [5.74, 6) is -2.23. The number of carbonyl (C=O) groups is 3. The summed E-state index contributed by atoms with van der Waals surface area (Å²) < 4.78 is 4.73. The van der Waals surface area contributed by atoms with E-state index in [4.69, 9.17) is 14.9 Å². The third kappa shape index (κ3) is 7.44. The van der Waals surface area contributed by atoms with E-state index in [-0.39, 0.29) is 32.8 Å². The highest BCUT2D eigenvalue weighted by Gasteiger charge is 2.16. The second-order valence-corrected chi connectivity index (χ2v) is 3.62. The van der Waals surface area contributed by atoms with E-state index in [1.54, 1.807) is 6.92 Å². The molecule has 8 heteroatoms. The van der Waals surface area contributed by atoms with Gasteiger partial charge in [0.2, 0.25) is 0 Å². The lowest BCUT2D eigenvalue weighted by atomic mass is 10.4. The number of nitrogens with zero attached hydrogens (tertiary/aromatic N) is 2. The number of carbonyl (C=O) groups excluding carboxylic acids is 1. The summed E-state index contributed by atoms with van der Waals surface area (Å²) in [6.07, 6.45) is -0.525. The first-order chi connectivity index (χ1) is 8.36. The minimum absolute atomic E-state index is 0.147. The molecule has 0 radical (unpaired) electrons. The van der Waals surface area contributed by atoms with Gasteiger partial charge in [-0.2, -0.15) is 0 Å². The number of amides is 1. The van der Waals surface area contributed by atoms with E-state index in [0.29, 0.717) is 0 Å². The maximum atomic E-state index is 11.3. The molecule has 0 atom stereocenters. The lowest BCUT2D eigenvalue weighted by Crippen LogP contribution is -2.41. The van der Waals surface area contributed by atoms with Crippen molar-refractivity contribution in [3.63, 3.8) is 0 Å². The molecule has 0 aromatic carbocycles. The Labute approximate surface area is 105 Å². The fourth-order valence-corrected chi connectivity index (χ4v) is 1.21. The topological polar surface area (TPSA) is 107 Å². The van der Waals surface area contributed by atoms with Crippen LogP contribution in [0.4, 0.5) is 4.79 Å². The Hall–Kier alpha value is -1.83. The lowest BCUT2D eigenvalue weighted by molar-refractivity contribution is -0.141. The Morgan fingerprint density at radius 1 is 1.06 bits per heavy atom. The van der Waals surface area contributed by atoms with Gasteiger partial charge in [0.05, 0.1) is 19.7 Å². The Bertz CT molecular complexity index is 291. The molecule has 8 nitrogen and oxygen atoms in total. The Balaban J connectivity index is 4.19. The van der Waals surface area contributed by atoms with Crippen LogP contribution in [0.2, 0.25) is 0 Å². The first kappa shape index (κ1) is 16.2. The van der Waals surface area contributed by atoms with Gasteiger partial charge >= 0.3 is 18.0 Å². The first-order valence-electron chi connectivity index (χ1n) is 5.40. The number of carboxylic acids is 2. The minimum Gasteiger partial charge on any atom is -0.480 e. The number of likely N-dealkylation sites (N-methyl/N-ethyl adjacent to an activating group) is 1. The molecular weight excluding hydrogens is 244 g/mol. The van der Waals surface area contributed by atoms with Gasteiger partial charge in [-0.25, -0.2) is 4.79 Å². The minimum atomic E-state index is -1.12. The van der Waals surface area contributed by atoms with E-state index in [1.165, 1.54) is 16.8 Å². The molecule has 0 saturated carbocycles. The van der Waals surface area contributed by atoms with Gasteiger partial charge in [0.25, 0.3) is 0 Å². The van der Waals surface area contributed by atoms with Crippen LogP contribution in [0.3, 0.4) is 0 Å². The van der Waals surface area contributed by atoms with Crippen LogP contribution in [0.25, 0.3) is 0 Å². The van der Waals surface area contributed by atoms with E-state index in [2.05, 4.69) is 0 Å². The molecular formula is C10H18N2O6. The van der Waals surface area contributed by atoms with Crippen molar-refractivity contribution in [2.45, 2.75) is 6.92 Å². The lowest BCUT2D eigenvalue weighted by Gasteiger charge is -2.22. The number of carboxylic acid groups (broad SMARTS) is 2. The second-order valence-electron chi connectivity index (χ2n) is 3.62. The number of aliphatic carboxylic acids is 2. The summed E-state index contributed by atoms with van der Waals surface area (Å²) >= 11 is 0. The van der Waals surface area contributed by atoms with E-state index >= 15 is 0 Å². The standard InChI is InChI=1S/C10H18N2O6/c1-3-18-10(17)11(2)4-5-12(6-8(13)14)7-9(15)16/h3-7H2,1-2H3,(H,13,14)(H,15,16). The summed E-state index contributed by atoms with van der Waals surface area (Å²) in [6.45, 7) is 1.49. The molecule has 0 unspecified atom stereocenters. The molecule has 2 N–H and O–H groups in total. The summed E-state index contributed by atoms with van der Waals surface area (Å²) in [7, 11) is 1.50. The molecule has 0 aromatic rings. The number of rotatable bonds is 8. The van der Waals surface area contributed by atoms with Crippen molar-refractivity contribution in [1.29, 1.82) is 0 Å². The first-order valence-corrected chi connectivity index (χ1v) is 5.40. The predicted octanol–water partition coefficient (Wildman–Crippen LogP) is -0.454. The molecule has 0 bridgehead atoms. The highest BCUT2D eigenvalue weighted by molar-refractivity contribution is 5.72. The molecule has 0 spiro atoms. The van der Waals surface area contributed by atoms with E-state index in [9.17, 15) is 14.4 Å². The van der Waals surface area contributed by atoms with Crippen LogP contribution in [0, 0.1) is 0 Å². The Morgan fingerprint density at radius 3 is 1.94 bits per heavy atom. The summed E-state index contributed by atoms with van der Waals surface area (Å²) in [5, 5.41) is 17.2. The largest absolute Gasteiger partial charge is 0.480 e. The van der Waals surface area contributed by atoms with Crippen LogP contribution < -0.4 is 0 Å². The summed E-state index contributed by atoms with van der Waals surface area (Å²) in [4.78, 5) is 34.8. The van der Waals surface area contributed by atoms with Crippen molar-refractivity contribution in [2.24, 2.45) is 0 Å². The monoisotopic (exact) mass is 262 g/mol. The smallest absolute Gasteiger partial charge is 0.409 e. The molecule has 1 amide bonds. The average Bonchev–Trinajstić information content (AvgIpc) is 2.24. The van der Waals surface area contributed by atoms with Crippen LogP contribution in [-0.4, -0.2) is 77.9 Å². The Kier molecular flexibility index (Phi) is 7.45. The third-order valence-corrected chi connectivity index (χ3v) is 2.05. The van der Waals surface area contributed by atoms with Crippen molar-refractivity contribution in [3.05, 3.63) is 0 Å². The van der Waals surface area contributed by atoms with E-state index in [0.717, 1.165) is 0 Å². The van der Waals surface area contributed by atoms with Crippen molar-refractivity contribution in [1.82, 2.24) is 9.80 Å². The molecule has 0 aromatic heterocycles. The second kappa shape index (κ2) is 8.29. The number of hydrogen-bond donors (Lipinski definition) is 2. The van der Waals surface area contributed by atoms with Gasteiger partial charge in [-0.3, -0.25) is 14.5 Å². The highest BCUT2D eigenvalue weighted by atomic mass is 16.6. The van der Waals surface area contributed by atoms with Gasteiger partial charge in [0.15, 0.2) is 0 Å². The normalized spacial score (nSPS) is 10.2. The number of hydrogen-bond acceptors (Lipinski definition) is 5. The van der Waals surface area contributed by atoms with Crippen molar-refractivity contribution in [3.8, 4) is 0 Å². The maximum Gasteiger partial charge on any atom is 0.409 e.